The third-order valence-corrected chi connectivity index (χ3v) is 26.2. The number of halogens is 7. The van der Waals surface area contributed by atoms with E-state index in [4.69, 9.17) is 27.9 Å². The Bertz CT molecular complexity index is 5770. The number of likely N-dealkylation sites (N-methyl/N-ethyl adjacent to an activating group) is 2. The molecule has 2 aromatic heterocycles. The Morgan fingerprint density at radius 3 is 1.37 bits per heavy atom. The van der Waals surface area contributed by atoms with Crippen molar-refractivity contribution in [3.8, 4) is 0 Å². The van der Waals surface area contributed by atoms with E-state index in [2.05, 4.69) is 73.3 Å². The number of aliphatic hydroxyl groups excluding tert-OH is 10. The summed E-state index contributed by atoms with van der Waals surface area (Å²) in [6.07, 6.45) is -14.5. The molecule has 0 aliphatic carbocycles. The number of esters is 1. The number of anilines is 1. The lowest BCUT2D eigenvalue weighted by Crippen LogP contribution is -2.55. The van der Waals surface area contributed by atoms with Crippen LogP contribution in [0.5, 0.6) is 0 Å². The van der Waals surface area contributed by atoms with Gasteiger partial charge in [-0.05, 0) is 189 Å². The highest BCUT2D eigenvalue weighted by Gasteiger charge is 2.43. The highest BCUT2D eigenvalue weighted by atomic mass is 79.9. The predicted octanol–water partition coefficient (Wildman–Crippen LogP) is 6.02. The van der Waals surface area contributed by atoms with Gasteiger partial charge in [-0.1, -0.05) is 176 Å². The number of carbonyl (C=O) groups is 11. The molecule has 7 aromatic carbocycles. The Balaban J connectivity index is 0.000000205. The van der Waals surface area contributed by atoms with Crippen LogP contribution in [0.1, 0.15) is 114 Å². The Morgan fingerprint density at radius 2 is 0.891 bits per heavy atom. The number of alkyl halides is 3. The van der Waals surface area contributed by atoms with Gasteiger partial charge in [0.1, 0.15) is 0 Å². The molecule has 790 valence electrons. The van der Waals surface area contributed by atoms with E-state index in [1.165, 1.54) is 58.5 Å². The van der Waals surface area contributed by atoms with Crippen LogP contribution in [0.2, 0.25) is 10.0 Å². The highest BCUT2D eigenvalue weighted by Crippen LogP contribution is 2.31. The Hall–Kier alpha value is -12.3. The van der Waals surface area contributed by atoms with Crippen molar-refractivity contribution in [2.24, 2.45) is 0 Å². The first-order valence-electron chi connectivity index (χ1n) is 47.3. The number of amides is 10. The lowest BCUT2D eigenvalue weighted by atomic mass is 9.99. The molecular weight excluding hydrogens is 2080 g/mol. The number of nitrogens with one attached hydrogen (secondary N) is 5. The zero-order valence-electron chi connectivity index (χ0n) is 81.3. The van der Waals surface area contributed by atoms with Crippen LogP contribution in [0.15, 0.2) is 234 Å². The van der Waals surface area contributed by atoms with Crippen LogP contribution >= 0.6 is 55.1 Å². The second kappa shape index (κ2) is 58.4. The lowest BCUT2D eigenvalue weighted by Gasteiger charge is -2.37. The first-order valence-corrected chi connectivity index (χ1v) is 49.7. The summed E-state index contributed by atoms with van der Waals surface area (Å²) in [5.41, 5.74) is 7.13. The van der Waals surface area contributed by atoms with Crippen molar-refractivity contribution in [1.29, 1.82) is 0 Å². The number of nitrogens with zero attached hydrogens (tertiary/aromatic N) is 9. The smallest absolute Gasteiger partial charge is 0.416 e. The monoisotopic (exact) mass is 2200 g/mol. The van der Waals surface area contributed by atoms with Gasteiger partial charge >= 0.3 is 12.1 Å². The summed E-state index contributed by atoms with van der Waals surface area (Å²) in [7, 11) is 4.18. The first-order chi connectivity index (χ1) is 70.0. The van der Waals surface area contributed by atoms with E-state index in [1.807, 2.05) is 114 Å². The molecule has 10 amide bonds. The minimum atomic E-state index is -4.47. The molecular formula is C104H123Br2Cl2F3N14O22. The van der Waals surface area contributed by atoms with Crippen molar-refractivity contribution in [3.63, 3.8) is 0 Å². The summed E-state index contributed by atoms with van der Waals surface area (Å²) in [6.45, 7) is 9.63. The number of piperazine rings is 1. The first kappa shape index (κ1) is 118. The number of hydrogen-bond donors (Lipinski definition) is 15. The largest absolute Gasteiger partial charge is 0.467 e. The molecule has 15 N–H and O–H groups in total. The number of rotatable bonds is 35. The third-order valence-electron chi connectivity index (χ3n) is 24.7. The fourth-order valence-corrected chi connectivity index (χ4v) is 16.8. The maximum Gasteiger partial charge on any atom is 0.416 e. The van der Waals surface area contributed by atoms with E-state index in [1.54, 1.807) is 110 Å². The van der Waals surface area contributed by atoms with Gasteiger partial charge in [0.25, 0.3) is 59.1 Å². The van der Waals surface area contributed by atoms with Crippen molar-refractivity contribution in [2.45, 2.75) is 170 Å². The number of ether oxygens (including phenoxy) is 1. The van der Waals surface area contributed by atoms with Gasteiger partial charge in [-0.25, -0.2) is 4.79 Å². The summed E-state index contributed by atoms with van der Waals surface area (Å²) >= 11 is 18.5. The zero-order valence-corrected chi connectivity index (χ0v) is 86.0. The van der Waals surface area contributed by atoms with Crippen LogP contribution in [0.4, 0.5) is 18.9 Å². The van der Waals surface area contributed by atoms with Crippen molar-refractivity contribution in [2.75, 3.05) is 98.1 Å². The molecule has 0 bridgehead atoms. The van der Waals surface area contributed by atoms with E-state index in [0.717, 1.165) is 106 Å². The SMILES string of the molecule is CC(NC(=O)C(O)C(O)C(=O)N(C)CCc1ccccn1)c1ccc(Br)cc1.CC(NC(=O)[C@H](O)[C@@H](O)C(=O)N1CCc2ccccc2C1)c1ccc(Br)cc1.CN(CCc1ccccn1)C(=O)[C@H](O)[C@@H](O)C(=O)NCc1ccc(Cl)cc1.COC(=O)[C@H](NC(=O)[C@H](O)[C@@H](O)C(=O)N1CCC[C@H]1CN1CCCC1)c1ccccc1.O=C(NCc1ccc(C(F)(F)F)cc1)[C@H](O)[C@@H](O)C(=O)N1CCN(c2cccc(Cl)c2)CC1. The molecule has 13 rings (SSSR count). The van der Waals surface area contributed by atoms with Gasteiger partial charge in [0, 0.05) is 160 Å². The average molecular weight is 2210 g/mol. The van der Waals surface area contributed by atoms with Gasteiger partial charge in [-0.15, -0.1) is 0 Å². The number of likely N-dealkylation sites (tertiary alicyclic amines) is 2. The average Bonchev–Trinajstić information content (AvgIpc) is 1.78. The molecule has 4 aliphatic rings. The van der Waals surface area contributed by atoms with Crippen molar-refractivity contribution < 1.29 is 122 Å². The molecule has 0 spiro atoms. The molecule has 9 aromatic rings. The maximum atomic E-state index is 12.8. The van der Waals surface area contributed by atoms with E-state index >= 15 is 0 Å². The molecule has 43 heteroatoms. The molecule has 3 saturated heterocycles. The highest BCUT2D eigenvalue weighted by molar-refractivity contribution is 9.10. The molecule has 14 atom stereocenters. The summed E-state index contributed by atoms with van der Waals surface area (Å²) < 4.78 is 44.4. The zero-order chi connectivity index (χ0) is 107. The predicted molar refractivity (Wildman–Crippen MR) is 545 cm³/mol. The molecule has 4 unspecified atom stereocenters. The van der Waals surface area contributed by atoms with Crippen LogP contribution in [0.3, 0.4) is 0 Å². The van der Waals surface area contributed by atoms with Gasteiger partial charge in [0.2, 0.25) is 0 Å². The minimum Gasteiger partial charge on any atom is -0.467 e. The summed E-state index contributed by atoms with van der Waals surface area (Å²) in [4.78, 5) is 155. The third kappa shape index (κ3) is 36.3. The van der Waals surface area contributed by atoms with Crippen LogP contribution in [-0.4, -0.2) is 316 Å². The molecule has 4 aliphatic heterocycles. The Labute approximate surface area is 875 Å². The fraction of sp³-hybridized carbons (Fsp3) is 0.394. The molecule has 36 nitrogen and oxygen atoms in total. The normalized spacial score (nSPS) is 16.5. The number of methoxy groups -OCH3 is 1. The van der Waals surface area contributed by atoms with Gasteiger partial charge in [0.05, 0.1) is 24.8 Å². The number of carbonyl (C=O) groups excluding carboxylic acids is 11. The van der Waals surface area contributed by atoms with Gasteiger partial charge in [-0.2, -0.15) is 13.2 Å². The molecule has 147 heavy (non-hydrogen) atoms. The van der Waals surface area contributed by atoms with Crippen LogP contribution in [-0.2, 0) is 103 Å². The molecule has 0 radical (unpaired) electrons. The summed E-state index contributed by atoms with van der Waals surface area (Å²) in [5.74, 6) is -8.73. The Morgan fingerprint density at radius 1 is 0.449 bits per heavy atom. The van der Waals surface area contributed by atoms with Crippen molar-refractivity contribution >= 4 is 126 Å². The second-order valence-corrected chi connectivity index (χ2v) is 37.9. The standard InChI is InChI=1S/C22H23ClF3N3O4.C22H31N3O6.C21H23BrN2O4.C20H24BrN3O4.C19H22ClN3O4/c23-16-2-1-3-17(12-16)28-8-10-29(11-9-28)21(33)19(31)18(30)20(32)27-13-14-4-6-15(7-5-14)22(24,25)26;1-31-22(30)17(15-8-3-2-4-9-15)23-20(28)18(26)19(27)21(29)25-13-7-10-16(25)14-24-11-5-6-12-24;1-13(14-6-8-17(22)9-7-14)23-20(27)18(25)19(26)21(28)24-11-10-15-4-2-3-5-16(15)12-24;1-13(14-6-8-15(21)9-7-14)23-19(27)17(25)18(26)20(28)24(2)12-10-16-5-3-4-11-22-16;1-23(11-9-15-4-2-3-10-21-15)19(27)17(25)16(24)18(26)22-12-13-5-7-14(20)8-6-13/h1-7,12,18-19,30-31H,8-11,13H2,(H,27,32);2-4,8-9,16-19,26-27H,5-7,10-14H2,1H3,(H,23,28);2-9,13,18-19,25-26H,10-12H2,1H3,(H,23,27);3-9,11,13,17-18,25-26H,10,12H2,1-2H3,(H,23,27);2-8,10,16-17,24-25H,9,11-12H2,1H3,(H,22,26)/t18-,19-;16-,17+,18+,19+;13?,18-,19-;;16-,17-/m101.1/s1. The topological polar surface area (TPSA) is 508 Å². The summed E-state index contributed by atoms with van der Waals surface area (Å²) in [6, 6.07) is 58.1. The van der Waals surface area contributed by atoms with Crippen molar-refractivity contribution in [1.82, 2.24) is 66.0 Å². The minimum absolute atomic E-state index is 0.0392. The van der Waals surface area contributed by atoms with Gasteiger partial charge in [0.15, 0.2) is 67.1 Å². The number of aromatic nitrogens is 2. The molecule has 0 saturated carbocycles. The second-order valence-electron chi connectivity index (χ2n) is 35.2. The number of fused-ring (bicyclic) bond motifs is 1. The van der Waals surface area contributed by atoms with E-state index in [9.17, 15) is 117 Å². The Kier molecular flexibility index (Phi) is 47.0. The van der Waals surface area contributed by atoms with Crippen molar-refractivity contribution in [3.05, 3.63) is 300 Å². The van der Waals surface area contributed by atoms with E-state index in [0.29, 0.717) is 86.2 Å². The summed E-state index contributed by atoms with van der Waals surface area (Å²) in [5, 5.41) is 115. The lowest BCUT2D eigenvalue weighted by molar-refractivity contribution is -0.155. The quantitative estimate of drug-likeness (QED) is 0.0202. The number of aliphatic hydroxyl groups is 10. The van der Waals surface area contributed by atoms with Gasteiger partial charge in [-0.3, -0.25) is 57.9 Å². The van der Waals surface area contributed by atoms with E-state index in [-0.39, 0.29) is 44.3 Å². The number of benzene rings is 7. The molecule has 6 heterocycles. The number of hydrogen-bond acceptors (Lipinski definition) is 26. The van der Waals surface area contributed by atoms with Crippen LogP contribution in [0, 0.1) is 0 Å². The van der Waals surface area contributed by atoms with Crippen LogP contribution < -0.4 is 31.5 Å². The maximum absolute atomic E-state index is 12.8. The van der Waals surface area contributed by atoms with E-state index < -0.39 is 144 Å². The van der Waals surface area contributed by atoms with Gasteiger partial charge < -0.3 is 117 Å². The molecule has 3 fully saturated rings. The van der Waals surface area contributed by atoms with Crippen LogP contribution in [0.25, 0.3) is 0 Å². The number of pyridine rings is 2. The fourth-order valence-electron chi connectivity index (χ4n) is 15.9.